The molecule has 0 saturated carbocycles. The molecule has 0 aliphatic carbocycles. The molecule has 1 nitrogen and oxygen atoms in total. The summed E-state index contributed by atoms with van der Waals surface area (Å²) in [5, 5.41) is 0.382. The van der Waals surface area contributed by atoms with E-state index in [9.17, 15) is 0 Å². The lowest BCUT2D eigenvalue weighted by molar-refractivity contribution is 0.406. The summed E-state index contributed by atoms with van der Waals surface area (Å²) in [5.74, 6) is 0.827. The molecule has 0 aliphatic rings. The second-order valence-corrected chi connectivity index (χ2v) is 6.90. The molecule has 0 bridgehead atoms. The zero-order valence-corrected chi connectivity index (χ0v) is 15.5. The molecule has 2 aromatic rings. The van der Waals surface area contributed by atoms with Crippen LogP contribution in [0.1, 0.15) is 33.2 Å². The number of aryl methyl sites for hydroxylation is 2. The van der Waals surface area contributed by atoms with E-state index in [4.69, 9.17) is 27.9 Å². The fourth-order valence-electron chi connectivity index (χ4n) is 2.53. The summed E-state index contributed by atoms with van der Waals surface area (Å²) in [5.41, 5.74) is 5.17. The van der Waals surface area contributed by atoms with Crippen LogP contribution in [0.25, 0.3) is 0 Å². The molecule has 1 unspecified atom stereocenters. The minimum absolute atomic E-state index is 0.312. The van der Waals surface area contributed by atoms with E-state index in [1.54, 1.807) is 7.11 Å². The van der Waals surface area contributed by atoms with Crippen LogP contribution < -0.4 is 4.74 Å². The second kappa shape index (κ2) is 6.60. The van der Waals surface area contributed by atoms with E-state index in [-0.39, 0.29) is 5.38 Å². The predicted molar refractivity (Wildman–Crippen MR) is 94.1 cm³/mol. The van der Waals surface area contributed by atoms with Crippen LogP contribution in [0.4, 0.5) is 0 Å². The lowest BCUT2D eigenvalue weighted by Crippen LogP contribution is -2.03. The van der Waals surface area contributed by atoms with E-state index in [1.165, 1.54) is 0 Å². The Morgan fingerprint density at radius 2 is 1.76 bits per heavy atom. The SMILES string of the molecule is COc1c(C)cc(Br)c(C)c1C(Cl)c1cc(C)cc(Cl)c1. The highest BCUT2D eigenvalue weighted by atomic mass is 79.9. The number of rotatable bonds is 3. The van der Waals surface area contributed by atoms with Gasteiger partial charge in [-0.2, -0.15) is 0 Å². The average Bonchev–Trinajstić information content (AvgIpc) is 2.40. The Balaban J connectivity index is 2.64. The second-order valence-electron chi connectivity index (χ2n) is 5.17. The van der Waals surface area contributed by atoms with Crippen LogP contribution in [0.15, 0.2) is 28.7 Å². The summed E-state index contributed by atoms with van der Waals surface area (Å²) >= 11 is 16.5. The summed E-state index contributed by atoms with van der Waals surface area (Å²) in [6.45, 7) is 6.06. The van der Waals surface area contributed by atoms with Crippen molar-refractivity contribution >= 4 is 39.1 Å². The third kappa shape index (κ3) is 3.39. The van der Waals surface area contributed by atoms with Crippen LogP contribution in [-0.4, -0.2) is 7.11 Å². The van der Waals surface area contributed by atoms with Crippen molar-refractivity contribution in [3.05, 3.63) is 61.6 Å². The van der Waals surface area contributed by atoms with Crippen molar-refractivity contribution < 1.29 is 4.74 Å². The van der Waals surface area contributed by atoms with Gasteiger partial charge in [0.25, 0.3) is 0 Å². The first kappa shape index (κ1) is 16.7. The van der Waals surface area contributed by atoms with Gasteiger partial charge < -0.3 is 4.74 Å². The summed E-state index contributed by atoms with van der Waals surface area (Å²) in [7, 11) is 1.67. The van der Waals surface area contributed by atoms with Gasteiger partial charge in [-0.15, -0.1) is 11.6 Å². The zero-order valence-electron chi connectivity index (χ0n) is 12.4. The molecule has 4 heteroatoms. The standard InChI is InChI=1S/C17H17BrCl2O/c1-9-5-12(8-13(19)6-9)16(20)15-11(3)14(18)7-10(2)17(15)21-4/h5-8,16H,1-4H3. The summed E-state index contributed by atoms with van der Waals surface area (Å²) < 4.78 is 6.60. The van der Waals surface area contributed by atoms with Gasteiger partial charge in [0.05, 0.1) is 12.5 Å². The van der Waals surface area contributed by atoms with Crippen molar-refractivity contribution in [2.75, 3.05) is 7.11 Å². The number of benzene rings is 2. The minimum Gasteiger partial charge on any atom is -0.496 e. The molecule has 0 aromatic heterocycles. The maximum Gasteiger partial charge on any atom is 0.127 e. The van der Waals surface area contributed by atoms with Gasteiger partial charge >= 0.3 is 0 Å². The van der Waals surface area contributed by atoms with E-state index in [2.05, 4.69) is 22.0 Å². The van der Waals surface area contributed by atoms with Crippen LogP contribution >= 0.6 is 39.1 Å². The number of halogens is 3. The van der Waals surface area contributed by atoms with Crippen molar-refractivity contribution in [3.8, 4) is 5.75 Å². The molecular formula is C17H17BrCl2O. The third-order valence-corrected chi connectivity index (χ3v) is 5.04. The van der Waals surface area contributed by atoms with Crippen molar-refractivity contribution in [2.45, 2.75) is 26.1 Å². The van der Waals surface area contributed by atoms with E-state index in [0.717, 1.165) is 38.0 Å². The lowest BCUT2D eigenvalue weighted by Gasteiger charge is -2.20. The van der Waals surface area contributed by atoms with E-state index >= 15 is 0 Å². The van der Waals surface area contributed by atoms with Gasteiger partial charge in [-0.3, -0.25) is 0 Å². The quantitative estimate of drug-likeness (QED) is 0.556. The van der Waals surface area contributed by atoms with Crippen molar-refractivity contribution in [1.82, 2.24) is 0 Å². The van der Waals surface area contributed by atoms with Crippen LogP contribution in [0, 0.1) is 20.8 Å². The Kier molecular flexibility index (Phi) is 5.24. The van der Waals surface area contributed by atoms with Crippen LogP contribution in [0.3, 0.4) is 0 Å². The summed E-state index contributed by atoms with van der Waals surface area (Å²) in [6.07, 6.45) is 0. The minimum atomic E-state index is -0.312. The topological polar surface area (TPSA) is 9.23 Å². The number of hydrogen-bond donors (Lipinski definition) is 0. The normalized spacial score (nSPS) is 12.3. The van der Waals surface area contributed by atoms with Crippen molar-refractivity contribution in [3.63, 3.8) is 0 Å². The number of methoxy groups -OCH3 is 1. The first-order valence-corrected chi connectivity index (χ1v) is 8.20. The fraction of sp³-hybridized carbons (Fsp3) is 0.294. The maximum atomic E-state index is 6.75. The van der Waals surface area contributed by atoms with E-state index in [1.807, 2.05) is 39.0 Å². The molecule has 0 heterocycles. The molecule has 21 heavy (non-hydrogen) atoms. The van der Waals surface area contributed by atoms with Gasteiger partial charge in [0.15, 0.2) is 0 Å². The molecule has 0 N–H and O–H groups in total. The maximum absolute atomic E-state index is 6.75. The molecule has 0 spiro atoms. The van der Waals surface area contributed by atoms with E-state index in [0.29, 0.717) is 5.02 Å². The lowest BCUT2D eigenvalue weighted by atomic mass is 9.96. The van der Waals surface area contributed by atoms with Crippen LogP contribution in [0.5, 0.6) is 5.75 Å². The van der Waals surface area contributed by atoms with Crippen LogP contribution in [-0.2, 0) is 0 Å². The highest BCUT2D eigenvalue weighted by molar-refractivity contribution is 9.10. The summed E-state index contributed by atoms with van der Waals surface area (Å²) in [4.78, 5) is 0. The molecule has 0 amide bonds. The van der Waals surface area contributed by atoms with Crippen LogP contribution in [0.2, 0.25) is 5.02 Å². The molecule has 0 fully saturated rings. The zero-order chi connectivity index (χ0) is 15.7. The Hall–Kier alpha value is -0.700. The molecule has 1 atom stereocenters. The van der Waals surface area contributed by atoms with Gasteiger partial charge in [0.1, 0.15) is 5.75 Å². The Labute approximate surface area is 144 Å². The highest BCUT2D eigenvalue weighted by Gasteiger charge is 2.22. The largest absolute Gasteiger partial charge is 0.496 e. The Bertz CT molecular complexity index is 663. The number of hydrogen-bond acceptors (Lipinski definition) is 1. The Morgan fingerprint density at radius 1 is 1.10 bits per heavy atom. The van der Waals surface area contributed by atoms with Gasteiger partial charge in [-0.05, 0) is 61.2 Å². The molecule has 2 rings (SSSR count). The monoisotopic (exact) mass is 386 g/mol. The van der Waals surface area contributed by atoms with Crippen molar-refractivity contribution in [2.24, 2.45) is 0 Å². The van der Waals surface area contributed by atoms with Gasteiger partial charge in [-0.1, -0.05) is 33.6 Å². The first-order chi connectivity index (χ1) is 9.85. The average molecular weight is 388 g/mol. The molecule has 112 valence electrons. The van der Waals surface area contributed by atoms with Gasteiger partial charge in [0, 0.05) is 15.1 Å². The molecule has 0 radical (unpaired) electrons. The van der Waals surface area contributed by atoms with Crippen molar-refractivity contribution in [1.29, 1.82) is 0 Å². The fourth-order valence-corrected chi connectivity index (χ4v) is 3.77. The van der Waals surface area contributed by atoms with E-state index < -0.39 is 0 Å². The number of ether oxygens (including phenoxy) is 1. The van der Waals surface area contributed by atoms with Gasteiger partial charge in [0.2, 0.25) is 0 Å². The Morgan fingerprint density at radius 3 is 2.33 bits per heavy atom. The highest BCUT2D eigenvalue weighted by Crippen LogP contribution is 2.42. The molecule has 2 aromatic carbocycles. The molecule has 0 aliphatic heterocycles. The summed E-state index contributed by atoms with van der Waals surface area (Å²) in [6, 6.07) is 7.93. The molecule has 0 saturated heterocycles. The molecular weight excluding hydrogens is 371 g/mol. The first-order valence-electron chi connectivity index (χ1n) is 6.60. The third-order valence-electron chi connectivity index (χ3n) is 3.52. The smallest absolute Gasteiger partial charge is 0.127 e. The predicted octanol–water partition coefficient (Wildman–Crippen LogP) is 6.36. The van der Waals surface area contributed by atoms with Gasteiger partial charge in [-0.25, -0.2) is 0 Å². The number of alkyl halides is 1.